The smallest absolute Gasteiger partial charge is 0.329 e. The van der Waals surface area contributed by atoms with Gasteiger partial charge in [-0.25, -0.2) is 4.79 Å². The molecule has 3 amide bonds. The van der Waals surface area contributed by atoms with Crippen LogP contribution in [0.25, 0.3) is 0 Å². The van der Waals surface area contributed by atoms with Crippen molar-refractivity contribution in [3.05, 3.63) is 52.5 Å². The van der Waals surface area contributed by atoms with Gasteiger partial charge in [0.1, 0.15) is 17.5 Å². The zero-order chi connectivity index (χ0) is 25.0. The van der Waals surface area contributed by atoms with Gasteiger partial charge < -0.3 is 19.5 Å². The first-order valence-corrected chi connectivity index (χ1v) is 10.9. The van der Waals surface area contributed by atoms with E-state index in [1.807, 2.05) is 13.8 Å². The summed E-state index contributed by atoms with van der Waals surface area (Å²) in [5.41, 5.74) is 0.732. The number of halogens is 1. The number of rotatable bonds is 9. The number of carbonyl (C=O) groups is 4. The maximum absolute atomic E-state index is 12.9. The molecule has 0 saturated heterocycles. The van der Waals surface area contributed by atoms with Gasteiger partial charge in [0.2, 0.25) is 0 Å². The van der Waals surface area contributed by atoms with E-state index in [1.54, 1.807) is 12.1 Å². The number of carbonyl (C=O) groups excluding carboxylic acids is 4. The monoisotopic (exact) mass is 488 g/mol. The molecule has 1 heterocycles. The summed E-state index contributed by atoms with van der Waals surface area (Å²) >= 11 is 6.07. The Balaban J connectivity index is 1.72. The molecule has 1 aliphatic rings. The molecule has 2 aromatic carbocycles. The number of anilines is 1. The second kappa shape index (κ2) is 10.6. The molecule has 34 heavy (non-hydrogen) atoms. The molecule has 0 bridgehead atoms. The quantitative estimate of drug-likeness (QED) is 0.424. The first kappa shape index (κ1) is 25.0. The number of nitrogens with one attached hydrogen (secondary N) is 1. The van der Waals surface area contributed by atoms with E-state index in [0.717, 1.165) is 4.90 Å². The zero-order valence-corrected chi connectivity index (χ0v) is 20.0. The van der Waals surface area contributed by atoms with Crippen molar-refractivity contribution in [2.24, 2.45) is 5.92 Å². The highest BCUT2D eigenvalue weighted by molar-refractivity contribution is 6.32. The Morgan fingerprint density at radius 2 is 1.59 bits per heavy atom. The van der Waals surface area contributed by atoms with Gasteiger partial charge >= 0.3 is 5.97 Å². The second-order valence-corrected chi connectivity index (χ2v) is 8.42. The van der Waals surface area contributed by atoms with Crippen molar-refractivity contribution in [1.29, 1.82) is 0 Å². The number of benzene rings is 2. The molecule has 0 radical (unpaired) electrons. The van der Waals surface area contributed by atoms with Gasteiger partial charge in [0.25, 0.3) is 17.7 Å². The largest absolute Gasteiger partial charge is 0.495 e. The lowest BCUT2D eigenvalue weighted by atomic mass is 10.0. The predicted molar refractivity (Wildman–Crippen MR) is 124 cm³/mol. The molecule has 0 aromatic heterocycles. The highest BCUT2D eigenvalue weighted by atomic mass is 35.5. The van der Waals surface area contributed by atoms with Crippen LogP contribution in [0.2, 0.25) is 5.02 Å². The van der Waals surface area contributed by atoms with Crippen molar-refractivity contribution < 1.29 is 33.4 Å². The van der Waals surface area contributed by atoms with Gasteiger partial charge in [0, 0.05) is 12.1 Å². The van der Waals surface area contributed by atoms with Gasteiger partial charge in [0.05, 0.1) is 36.1 Å². The first-order valence-electron chi connectivity index (χ1n) is 10.5. The number of hydrogen-bond acceptors (Lipinski definition) is 7. The van der Waals surface area contributed by atoms with E-state index in [-0.39, 0.29) is 34.9 Å². The molecule has 180 valence electrons. The van der Waals surface area contributed by atoms with Gasteiger partial charge in [-0.3, -0.25) is 19.3 Å². The summed E-state index contributed by atoms with van der Waals surface area (Å²) < 4.78 is 15.6. The van der Waals surface area contributed by atoms with Crippen molar-refractivity contribution in [3.8, 4) is 11.5 Å². The number of methoxy groups -OCH3 is 2. The molecule has 1 unspecified atom stereocenters. The molecule has 9 nitrogen and oxygen atoms in total. The molecule has 1 aliphatic heterocycles. The van der Waals surface area contributed by atoms with Gasteiger partial charge in [-0.15, -0.1) is 0 Å². The highest BCUT2D eigenvalue weighted by Gasteiger charge is 2.43. The summed E-state index contributed by atoms with van der Waals surface area (Å²) in [5, 5.41) is 2.87. The third-order valence-electron chi connectivity index (χ3n) is 5.20. The summed E-state index contributed by atoms with van der Waals surface area (Å²) in [7, 11) is 2.83. The topological polar surface area (TPSA) is 111 Å². The lowest BCUT2D eigenvalue weighted by Gasteiger charge is -2.25. The summed E-state index contributed by atoms with van der Waals surface area (Å²) in [5.74, 6) is -2.05. The van der Waals surface area contributed by atoms with Crippen LogP contribution in [-0.2, 0) is 14.3 Å². The number of fused-ring (bicyclic) bond motifs is 1. The van der Waals surface area contributed by atoms with Gasteiger partial charge in [-0.1, -0.05) is 37.6 Å². The molecule has 0 spiro atoms. The summed E-state index contributed by atoms with van der Waals surface area (Å²) in [4.78, 5) is 52.0. The van der Waals surface area contributed by atoms with E-state index in [0.29, 0.717) is 10.8 Å². The summed E-state index contributed by atoms with van der Waals surface area (Å²) in [6.45, 7) is 3.07. The van der Waals surface area contributed by atoms with Gasteiger partial charge in [0.15, 0.2) is 6.61 Å². The minimum Gasteiger partial charge on any atom is -0.495 e. The Hall–Kier alpha value is -3.59. The van der Waals surface area contributed by atoms with Gasteiger partial charge in [-0.05, 0) is 24.5 Å². The van der Waals surface area contributed by atoms with Crippen LogP contribution in [-0.4, -0.2) is 55.5 Å². The van der Waals surface area contributed by atoms with Crippen LogP contribution in [0.1, 0.15) is 41.0 Å². The van der Waals surface area contributed by atoms with Crippen LogP contribution < -0.4 is 14.8 Å². The number of esters is 1. The van der Waals surface area contributed by atoms with Crippen LogP contribution >= 0.6 is 11.6 Å². The fraction of sp³-hybridized carbons (Fsp3) is 0.333. The normalized spacial score (nSPS) is 13.5. The Bertz CT molecular complexity index is 1100. The number of ether oxygens (including phenoxy) is 3. The Kier molecular flexibility index (Phi) is 7.78. The van der Waals surface area contributed by atoms with Crippen molar-refractivity contribution in [2.45, 2.75) is 26.3 Å². The number of nitrogens with zero attached hydrogens (tertiary/aromatic N) is 1. The number of imide groups is 1. The van der Waals surface area contributed by atoms with Crippen molar-refractivity contribution in [3.63, 3.8) is 0 Å². The molecule has 0 saturated carbocycles. The molecule has 3 rings (SSSR count). The van der Waals surface area contributed by atoms with Crippen molar-refractivity contribution in [1.82, 2.24) is 4.90 Å². The maximum Gasteiger partial charge on any atom is 0.329 e. The molecular formula is C24H25ClN2O7. The van der Waals surface area contributed by atoms with Crippen LogP contribution in [0.4, 0.5) is 5.69 Å². The van der Waals surface area contributed by atoms with Crippen LogP contribution in [0.3, 0.4) is 0 Å². The third-order valence-corrected chi connectivity index (χ3v) is 5.49. The fourth-order valence-electron chi connectivity index (χ4n) is 3.62. The molecule has 0 fully saturated rings. The van der Waals surface area contributed by atoms with Crippen LogP contribution in [0.15, 0.2) is 36.4 Å². The molecule has 1 atom stereocenters. The van der Waals surface area contributed by atoms with E-state index in [9.17, 15) is 19.2 Å². The molecule has 0 aliphatic carbocycles. The Morgan fingerprint density at radius 3 is 2.12 bits per heavy atom. The lowest BCUT2D eigenvalue weighted by Crippen LogP contribution is -2.46. The lowest BCUT2D eigenvalue weighted by molar-refractivity contribution is -0.151. The standard InChI is InChI=1S/C24H25ClN2O7/c1-13(2)9-18(27-22(29)14-7-5-6-8-15(14)23(27)30)24(31)34-12-21(28)26-17-11-19(32-3)16(25)10-20(17)33-4/h5-8,10-11,13,18H,9,12H2,1-4H3,(H,26,28). The van der Waals surface area contributed by atoms with Crippen molar-refractivity contribution in [2.75, 3.05) is 26.1 Å². The Morgan fingerprint density at radius 1 is 1.00 bits per heavy atom. The van der Waals surface area contributed by atoms with Crippen LogP contribution in [0, 0.1) is 5.92 Å². The van der Waals surface area contributed by atoms with Crippen molar-refractivity contribution >= 4 is 41.0 Å². The molecular weight excluding hydrogens is 464 g/mol. The van der Waals surface area contributed by atoms with E-state index in [2.05, 4.69) is 5.32 Å². The Labute approximate surface area is 201 Å². The fourth-order valence-corrected chi connectivity index (χ4v) is 3.85. The summed E-state index contributed by atoms with van der Waals surface area (Å²) in [6.07, 6.45) is 0.189. The van der Waals surface area contributed by atoms with Crippen LogP contribution in [0.5, 0.6) is 11.5 Å². The summed E-state index contributed by atoms with van der Waals surface area (Å²) in [6, 6.07) is 8.15. The number of hydrogen-bond donors (Lipinski definition) is 1. The molecule has 1 N–H and O–H groups in total. The SMILES string of the molecule is COc1cc(NC(=O)COC(=O)C(CC(C)C)N2C(=O)c3ccccc3C2=O)c(OC)cc1Cl. The van der Waals surface area contributed by atoms with E-state index >= 15 is 0 Å². The van der Waals surface area contributed by atoms with E-state index in [1.165, 1.54) is 38.5 Å². The molecule has 10 heteroatoms. The number of amides is 3. The average Bonchev–Trinajstić information content (AvgIpc) is 3.06. The van der Waals surface area contributed by atoms with Gasteiger partial charge in [-0.2, -0.15) is 0 Å². The minimum atomic E-state index is -1.16. The average molecular weight is 489 g/mol. The predicted octanol–water partition coefficient (Wildman–Crippen LogP) is 3.55. The maximum atomic E-state index is 12.9. The first-order chi connectivity index (χ1) is 16.2. The minimum absolute atomic E-state index is 0.0264. The van der Waals surface area contributed by atoms with E-state index in [4.69, 9.17) is 25.8 Å². The second-order valence-electron chi connectivity index (χ2n) is 8.01. The molecule has 2 aromatic rings. The zero-order valence-electron chi connectivity index (χ0n) is 19.2. The highest BCUT2D eigenvalue weighted by Crippen LogP contribution is 2.36. The van der Waals surface area contributed by atoms with E-state index < -0.39 is 36.3 Å². The third kappa shape index (κ3) is 5.14.